The van der Waals surface area contributed by atoms with Gasteiger partial charge in [0.2, 0.25) is 0 Å². The second kappa shape index (κ2) is 17.2. The molecule has 0 unspecified atom stereocenters. The van der Waals surface area contributed by atoms with E-state index in [9.17, 15) is 0 Å². The first-order valence-electron chi connectivity index (χ1n) is 11.6. The zero-order valence-electron chi connectivity index (χ0n) is 18.8. The topological polar surface area (TPSA) is 24.7 Å². The average Bonchev–Trinajstić information content (AvgIpc) is 2.76. The van der Waals surface area contributed by atoms with Crippen LogP contribution in [0.4, 0.5) is 11.4 Å². The molecule has 2 aromatic rings. The van der Waals surface area contributed by atoms with Gasteiger partial charge >= 0.3 is 0 Å². The van der Waals surface area contributed by atoms with Crippen molar-refractivity contribution in [1.29, 1.82) is 0 Å². The molecule has 2 nitrogen and oxygen atoms in total. The number of benzene rings is 2. The van der Waals surface area contributed by atoms with Gasteiger partial charge < -0.3 is 0 Å². The summed E-state index contributed by atoms with van der Waals surface area (Å²) in [5.41, 5.74) is 4.39. The molecule has 0 bridgehead atoms. The van der Waals surface area contributed by atoms with Crippen LogP contribution in [0.25, 0.3) is 0 Å². The molecular formula is C27H38N2Pd. The molecule has 0 saturated carbocycles. The van der Waals surface area contributed by atoms with Crippen molar-refractivity contribution in [3.05, 3.63) is 60.7 Å². The molecule has 0 aromatic heterocycles. The van der Waals surface area contributed by atoms with Crippen LogP contribution in [0.15, 0.2) is 70.6 Å². The van der Waals surface area contributed by atoms with Gasteiger partial charge in [-0.05, 0) is 49.9 Å². The fourth-order valence-corrected chi connectivity index (χ4v) is 3.44. The Morgan fingerprint density at radius 1 is 0.533 bits per heavy atom. The van der Waals surface area contributed by atoms with Gasteiger partial charge in [-0.15, -0.1) is 0 Å². The Labute approximate surface area is 198 Å². The largest absolute Gasteiger partial charge is 0.252 e. The molecule has 0 amide bonds. The van der Waals surface area contributed by atoms with Crippen molar-refractivity contribution in [2.24, 2.45) is 9.98 Å². The molecule has 0 aliphatic carbocycles. The van der Waals surface area contributed by atoms with Crippen molar-refractivity contribution >= 4 is 22.8 Å². The summed E-state index contributed by atoms with van der Waals surface area (Å²) in [5, 5.41) is 0. The molecule has 0 aliphatic heterocycles. The van der Waals surface area contributed by atoms with Gasteiger partial charge in [-0.3, -0.25) is 9.98 Å². The summed E-state index contributed by atoms with van der Waals surface area (Å²) in [7, 11) is 0. The van der Waals surface area contributed by atoms with Crippen LogP contribution in [0.1, 0.15) is 84.5 Å². The number of nitrogens with zero attached hydrogens (tertiary/aromatic N) is 2. The maximum atomic E-state index is 5.04. The standard InChI is InChI=1S/C27H38N2.Pd/c1-3-5-7-8-9-10-17-23-27(29-25-20-15-12-16-21-25)26(22-6-4-2)28-24-18-13-11-14-19-24;/h11-16,18-21H,3-10,17,22-23H2,1-2H3;. The Morgan fingerprint density at radius 3 is 1.40 bits per heavy atom. The van der Waals surface area contributed by atoms with Crippen LogP contribution >= 0.6 is 0 Å². The Kier molecular flexibility index (Phi) is 15.1. The van der Waals surface area contributed by atoms with E-state index in [0.717, 1.165) is 36.3 Å². The maximum Gasteiger partial charge on any atom is 0.0633 e. The third-order valence-corrected chi connectivity index (χ3v) is 5.16. The Balaban J connectivity index is 0.00000450. The molecule has 0 atom stereocenters. The van der Waals surface area contributed by atoms with E-state index in [1.54, 1.807) is 0 Å². The Hall–Kier alpha value is -1.56. The summed E-state index contributed by atoms with van der Waals surface area (Å²) >= 11 is 0. The Morgan fingerprint density at radius 2 is 0.933 bits per heavy atom. The van der Waals surface area contributed by atoms with Gasteiger partial charge in [-0.1, -0.05) is 95.2 Å². The fourth-order valence-electron chi connectivity index (χ4n) is 3.44. The van der Waals surface area contributed by atoms with Crippen molar-refractivity contribution < 1.29 is 20.4 Å². The third-order valence-electron chi connectivity index (χ3n) is 5.16. The summed E-state index contributed by atoms with van der Waals surface area (Å²) in [4.78, 5) is 10.1. The number of para-hydroxylation sites is 2. The van der Waals surface area contributed by atoms with E-state index in [1.165, 1.54) is 57.1 Å². The van der Waals surface area contributed by atoms with Gasteiger partial charge in [0, 0.05) is 20.4 Å². The van der Waals surface area contributed by atoms with Gasteiger partial charge in [0.05, 0.1) is 22.8 Å². The first-order chi connectivity index (χ1) is 14.3. The van der Waals surface area contributed by atoms with Crippen LogP contribution in [0, 0.1) is 0 Å². The second-order valence-electron chi connectivity index (χ2n) is 7.76. The van der Waals surface area contributed by atoms with Crippen molar-refractivity contribution in [3.63, 3.8) is 0 Å². The van der Waals surface area contributed by atoms with E-state index >= 15 is 0 Å². The molecule has 0 aliphatic rings. The molecule has 0 fully saturated rings. The molecular weight excluding hydrogens is 459 g/mol. The second-order valence-corrected chi connectivity index (χ2v) is 7.76. The van der Waals surface area contributed by atoms with Crippen molar-refractivity contribution in [3.8, 4) is 0 Å². The van der Waals surface area contributed by atoms with E-state index in [1.807, 2.05) is 12.1 Å². The summed E-state index contributed by atoms with van der Waals surface area (Å²) in [6.07, 6.45) is 13.5. The van der Waals surface area contributed by atoms with E-state index in [2.05, 4.69) is 62.4 Å². The van der Waals surface area contributed by atoms with Crippen LogP contribution in [0.3, 0.4) is 0 Å². The van der Waals surface area contributed by atoms with E-state index in [0.29, 0.717) is 0 Å². The van der Waals surface area contributed by atoms with Crippen LogP contribution in [0.2, 0.25) is 0 Å². The molecule has 2 rings (SSSR count). The molecule has 3 heteroatoms. The zero-order chi connectivity index (χ0) is 20.6. The quantitative estimate of drug-likeness (QED) is 0.142. The van der Waals surface area contributed by atoms with Crippen molar-refractivity contribution in [2.75, 3.05) is 0 Å². The molecule has 166 valence electrons. The Bertz CT molecular complexity index is 723. The maximum absolute atomic E-state index is 5.04. The predicted molar refractivity (Wildman–Crippen MR) is 129 cm³/mol. The first kappa shape index (κ1) is 26.5. The van der Waals surface area contributed by atoms with E-state index < -0.39 is 0 Å². The number of rotatable bonds is 14. The van der Waals surface area contributed by atoms with Gasteiger partial charge in [0.25, 0.3) is 0 Å². The van der Waals surface area contributed by atoms with Crippen LogP contribution < -0.4 is 0 Å². The molecule has 0 radical (unpaired) electrons. The number of hydrogen-bond acceptors (Lipinski definition) is 2. The van der Waals surface area contributed by atoms with Gasteiger partial charge in [-0.25, -0.2) is 0 Å². The van der Waals surface area contributed by atoms with Gasteiger partial charge in [0.1, 0.15) is 0 Å². The smallest absolute Gasteiger partial charge is 0.0633 e. The zero-order valence-corrected chi connectivity index (χ0v) is 20.3. The summed E-state index contributed by atoms with van der Waals surface area (Å²) in [6, 6.07) is 20.7. The minimum atomic E-state index is 0. The number of aliphatic imine (C=N–C) groups is 2. The molecule has 0 saturated heterocycles. The minimum Gasteiger partial charge on any atom is -0.252 e. The van der Waals surface area contributed by atoms with Crippen molar-refractivity contribution in [2.45, 2.75) is 84.5 Å². The average molecular weight is 497 g/mol. The molecule has 0 heterocycles. The fraction of sp³-hybridized carbons (Fsp3) is 0.481. The van der Waals surface area contributed by atoms with Gasteiger partial charge in [-0.2, -0.15) is 0 Å². The molecule has 0 N–H and O–H groups in total. The summed E-state index contributed by atoms with van der Waals surface area (Å²) in [6.45, 7) is 4.51. The summed E-state index contributed by atoms with van der Waals surface area (Å²) in [5.74, 6) is 0. The molecule has 30 heavy (non-hydrogen) atoms. The molecule has 0 spiro atoms. The normalized spacial score (nSPS) is 11.9. The summed E-state index contributed by atoms with van der Waals surface area (Å²) < 4.78 is 0. The van der Waals surface area contributed by atoms with Crippen molar-refractivity contribution in [1.82, 2.24) is 0 Å². The SMILES string of the molecule is CCCCCCCCCC(=Nc1ccccc1)C(CCCC)=Nc1ccccc1.[Pd]. The van der Waals surface area contributed by atoms with E-state index in [4.69, 9.17) is 9.98 Å². The van der Waals surface area contributed by atoms with Gasteiger partial charge in [0.15, 0.2) is 0 Å². The monoisotopic (exact) mass is 496 g/mol. The third kappa shape index (κ3) is 11.0. The number of hydrogen-bond donors (Lipinski definition) is 0. The van der Waals surface area contributed by atoms with Crippen LogP contribution in [-0.4, -0.2) is 11.4 Å². The molecule has 2 aromatic carbocycles. The predicted octanol–water partition coefficient (Wildman–Crippen LogP) is 8.86. The van der Waals surface area contributed by atoms with E-state index in [-0.39, 0.29) is 20.4 Å². The van der Waals surface area contributed by atoms with Crippen LogP contribution in [-0.2, 0) is 20.4 Å². The van der Waals surface area contributed by atoms with Crippen LogP contribution in [0.5, 0.6) is 0 Å². The first-order valence-corrected chi connectivity index (χ1v) is 11.6. The number of unbranched alkanes of at least 4 members (excludes halogenated alkanes) is 7. The minimum absolute atomic E-state index is 0.